The fourth-order valence-corrected chi connectivity index (χ4v) is 1.72. The molecule has 1 rings (SSSR count). The van der Waals surface area contributed by atoms with Crippen LogP contribution in [0.25, 0.3) is 0 Å². The van der Waals surface area contributed by atoms with Gasteiger partial charge in [-0.25, -0.2) is 4.79 Å². The molecule has 0 aromatic heterocycles. The number of rotatable bonds is 8. The van der Waals surface area contributed by atoms with Gasteiger partial charge in [0, 0.05) is 17.1 Å². The van der Waals surface area contributed by atoms with Crippen molar-refractivity contribution < 1.29 is 14.3 Å². The first-order valence-electron chi connectivity index (χ1n) is 6.38. The number of unbranched alkanes of at least 4 members (excludes halogenated alkanes) is 1. The standard InChI is InChI=1S/C14H20ClNO3/c1-3-4-7-18-14(17)10-19-13-6-5-12(15)8-11(13)9-16-2/h5-6,8,16H,3-4,7,9-10H2,1-2H3. The van der Waals surface area contributed by atoms with E-state index in [4.69, 9.17) is 21.1 Å². The van der Waals surface area contributed by atoms with E-state index in [9.17, 15) is 4.79 Å². The zero-order valence-electron chi connectivity index (χ0n) is 11.4. The van der Waals surface area contributed by atoms with Gasteiger partial charge in [-0.05, 0) is 31.7 Å². The molecular weight excluding hydrogens is 266 g/mol. The van der Waals surface area contributed by atoms with E-state index in [2.05, 4.69) is 5.32 Å². The van der Waals surface area contributed by atoms with Gasteiger partial charge >= 0.3 is 5.97 Å². The number of ether oxygens (including phenoxy) is 2. The van der Waals surface area contributed by atoms with Crippen molar-refractivity contribution in [3.8, 4) is 5.75 Å². The molecular formula is C14H20ClNO3. The number of carbonyl (C=O) groups excluding carboxylic acids is 1. The Bertz CT molecular complexity index is 410. The Hall–Kier alpha value is -1.26. The lowest BCUT2D eigenvalue weighted by Crippen LogP contribution is -2.16. The lowest BCUT2D eigenvalue weighted by atomic mass is 10.2. The van der Waals surface area contributed by atoms with Crippen LogP contribution in [-0.2, 0) is 16.1 Å². The Morgan fingerprint density at radius 3 is 2.89 bits per heavy atom. The fraction of sp³-hybridized carbons (Fsp3) is 0.500. The van der Waals surface area contributed by atoms with Gasteiger partial charge < -0.3 is 14.8 Å². The number of hydrogen-bond donors (Lipinski definition) is 1. The van der Waals surface area contributed by atoms with Crippen LogP contribution in [0, 0.1) is 0 Å². The molecule has 0 fully saturated rings. The maximum Gasteiger partial charge on any atom is 0.344 e. The van der Waals surface area contributed by atoms with Crippen molar-refractivity contribution in [1.29, 1.82) is 0 Å². The number of benzene rings is 1. The Labute approximate surface area is 119 Å². The van der Waals surface area contributed by atoms with Crippen LogP contribution in [0.4, 0.5) is 0 Å². The van der Waals surface area contributed by atoms with Gasteiger partial charge in [-0.3, -0.25) is 0 Å². The average Bonchev–Trinajstić information content (AvgIpc) is 2.38. The molecule has 1 aromatic rings. The monoisotopic (exact) mass is 285 g/mol. The van der Waals surface area contributed by atoms with E-state index in [1.165, 1.54) is 0 Å². The van der Waals surface area contributed by atoms with Crippen molar-refractivity contribution in [2.24, 2.45) is 0 Å². The Morgan fingerprint density at radius 2 is 2.21 bits per heavy atom. The molecule has 0 bridgehead atoms. The highest BCUT2D eigenvalue weighted by Crippen LogP contribution is 2.22. The summed E-state index contributed by atoms with van der Waals surface area (Å²) in [6.45, 7) is 3.04. The molecule has 5 heteroatoms. The number of halogens is 1. The first-order chi connectivity index (χ1) is 9.17. The molecule has 4 nitrogen and oxygen atoms in total. The van der Waals surface area contributed by atoms with Gasteiger partial charge in [0.1, 0.15) is 5.75 Å². The second kappa shape index (κ2) is 8.77. The molecule has 0 aliphatic rings. The van der Waals surface area contributed by atoms with Crippen LogP contribution < -0.4 is 10.1 Å². The highest BCUT2D eigenvalue weighted by atomic mass is 35.5. The van der Waals surface area contributed by atoms with Gasteiger partial charge in [-0.15, -0.1) is 0 Å². The third-order valence-electron chi connectivity index (χ3n) is 2.50. The summed E-state index contributed by atoms with van der Waals surface area (Å²) in [4.78, 5) is 11.4. The number of carbonyl (C=O) groups is 1. The zero-order valence-corrected chi connectivity index (χ0v) is 12.1. The summed E-state index contributed by atoms with van der Waals surface area (Å²) in [6.07, 6.45) is 1.87. The van der Waals surface area contributed by atoms with Crippen LogP contribution in [0.15, 0.2) is 18.2 Å². The molecule has 0 atom stereocenters. The lowest BCUT2D eigenvalue weighted by molar-refractivity contribution is -0.146. The highest BCUT2D eigenvalue weighted by molar-refractivity contribution is 6.30. The summed E-state index contributed by atoms with van der Waals surface area (Å²) in [5.74, 6) is 0.296. The maximum atomic E-state index is 11.4. The first kappa shape index (κ1) is 15.8. The molecule has 0 heterocycles. The van der Waals surface area contributed by atoms with E-state index in [0.717, 1.165) is 18.4 Å². The van der Waals surface area contributed by atoms with Crippen LogP contribution in [0.1, 0.15) is 25.3 Å². The smallest absolute Gasteiger partial charge is 0.344 e. The Kier molecular flexibility index (Phi) is 7.30. The van der Waals surface area contributed by atoms with Crippen LogP contribution in [0.5, 0.6) is 5.75 Å². The quantitative estimate of drug-likeness (QED) is 0.589. The minimum Gasteiger partial charge on any atom is -0.482 e. The fourth-order valence-electron chi connectivity index (χ4n) is 1.53. The molecule has 0 radical (unpaired) electrons. The lowest BCUT2D eigenvalue weighted by Gasteiger charge is -2.11. The molecule has 0 saturated carbocycles. The average molecular weight is 286 g/mol. The van der Waals surface area contributed by atoms with Gasteiger partial charge in [-0.2, -0.15) is 0 Å². The molecule has 1 aromatic carbocycles. The second-order valence-electron chi connectivity index (χ2n) is 4.15. The zero-order chi connectivity index (χ0) is 14.1. The van der Waals surface area contributed by atoms with Crippen molar-refractivity contribution in [2.75, 3.05) is 20.3 Å². The molecule has 0 aliphatic heterocycles. The van der Waals surface area contributed by atoms with Crippen molar-refractivity contribution in [3.63, 3.8) is 0 Å². The summed E-state index contributed by atoms with van der Waals surface area (Å²) < 4.78 is 10.5. The summed E-state index contributed by atoms with van der Waals surface area (Å²) in [5.41, 5.74) is 0.913. The second-order valence-corrected chi connectivity index (χ2v) is 4.58. The molecule has 106 valence electrons. The minimum atomic E-state index is -0.348. The van der Waals surface area contributed by atoms with Crippen molar-refractivity contribution >= 4 is 17.6 Å². The first-order valence-corrected chi connectivity index (χ1v) is 6.76. The molecule has 0 saturated heterocycles. The van der Waals surface area contributed by atoms with E-state index < -0.39 is 0 Å². The van der Waals surface area contributed by atoms with Crippen molar-refractivity contribution in [1.82, 2.24) is 5.32 Å². The highest BCUT2D eigenvalue weighted by Gasteiger charge is 2.08. The van der Waals surface area contributed by atoms with Crippen LogP contribution in [0.2, 0.25) is 5.02 Å². The van der Waals surface area contributed by atoms with Gasteiger partial charge in [-0.1, -0.05) is 24.9 Å². The van der Waals surface area contributed by atoms with Gasteiger partial charge in [0.2, 0.25) is 0 Å². The molecule has 0 spiro atoms. The van der Waals surface area contributed by atoms with Crippen molar-refractivity contribution in [2.45, 2.75) is 26.3 Å². The SMILES string of the molecule is CCCCOC(=O)COc1ccc(Cl)cc1CNC. The van der Waals surface area contributed by atoms with Crippen LogP contribution >= 0.6 is 11.6 Å². The van der Waals surface area contributed by atoms with Gasteiger partial charge in [0.25, 0.3) is 0 Å². The van der Waals surface area contributed by atoms with E-state index in [1.54, 1.807) is 12.1 Å². The van der Waals surface area contributed by atoms with E-state index in [0.29, 0.717) is 23.9 Å². The molecule has 0 aliphatic carbocycles. The number of esters is 1. The summed E-state index contributed by atoms with van der Waals surface area (Å²) in [6, 6.07) is 5.31. The summed E-state index contributed by atoms with van der Waals surface area (Å²) in [5, 5.41) is 3.67. The van der Waals surface area contributed by atoms with Crippen LogP contribution in [-0.4, -0.2) is 26.2 Å². The molecule has 19 heavy (non-hydrogen) atoms. The molecule has 1 N–H and O–H groups in total. The maximum absolute atomic E-state index is 11.4. The van der Waals surface area contributed by atoms with Gasteiger partial charge in [0.05, 0.1) is 6.61 Å². The number of nitrogens with one attached hydrogen (secondary N) is 1. The molecule has 0 unspecified atom stereocenters. The summed E-state index contributed by atoms with van der Waals surface area (Å²) >= 11 is 5.92. The Balaban J connectivity index is 2.50. The normalized spacial score (nSPS) is 10.3. The van der Waals surface area contributed by atoms with Crippen LogP contribution in [0.3, 0.4) is 0 Å². The summed E-state index contributed by atoms with van der Waals surface area (Å²) in [7, 11) is 1.84. The largest absolute Gasteiger partial charge is 0.482 e. The Morgan fingerprint density at radius 1 is 1.42 bits per heavy atom. The minimum absolute atomic E-state index is 0.0813. The predicted octanol–water partition coefficient (Wildman–Crippen LogP) is 2.78. The van der Waals surface area contributed by atoms with E-state index in [1.807, 2.05) is 20.0 Å². The number of hydrogen-bond acceptors (Lipinski definition) is 4. The van der Waals surface area contributed by atoms with Crippen molar-refractivity contribution in [3.05, 3.63) is 28.8 Å². The van der Waals surface area contributed by atoms with E-state index in [-0.39, 0.29) is 12.6 Å². The molecule has 0 amide bonds. The predicted molar refractivity (Wildman–Crippen MR) is 75.6 cm³/mol. The third-order valence-corrected chi connectivity index (χ3v) is 2.73. The van der Waals surface area contributed by atoms with E-state index >= 15 is 0 Å². The topological polar surface area (TPSA) is 47.6 Å². The van der Waals surface area contributed by atoms with Gasteiger partial charge in [0.15, 0.2) is 6.61 Å². The third kappa shape index (κ3) is 5.94.